The van der Waals surface area contributed by atoms with E-state index in [0.717, 1.165) is 0 Å². The molecule has 29 heavy (non-hydrogen) atoms. The molecule has 0 amide bonds. The fraction of sp³-hybridized carbons (Fsp3) is 0.760. The van der Waals surface area contributed by atoms with Gasteiger partial charge in [0.2, 0.25) is 0 Å². The Bertz CT molecular complexity index is 799. The lowest BCUT2D eigenvalue weighted by Gasteiger charge is -2.28. The van der Waals surface area contributed by atoms with Crippen molar-refractivity contribution >= 4 is 0 Å². The zero-order valence-electron chi connectivity index (χ0n) is 19.7. The molecule has 0 aromatic carbocycles. The Balaban J connectivity index is 1.75. The van der Waals surface area contributed by atoms with E-state index in [1.165, 1.54) is 48.2 Å². The minimum absolute atomic E-state index is 0.308. The van der Waals surface area contributed by atoms with Crippen LogP contribution in [0, 0.1) is 11.8 Å². The van der Waals surface area contributed by atoms with Gasteiger partial charge in [-0.1, -0.05) is 41.5 Å². The quantitative estimate of drug-likeness (QED) is 0.584. The molecule has 0 bridgehead atoms. The number of hydrogen-bond donors (Lipinski definition) is 0. The molecule has 4 heteroatoms. The predicted molar refractivity (Wildman–Crippen MR) is 120 cm³/mol. The summed E-state index contributed by atoms with van der Waals surface area (Å²) < 4.78 is 4.39. The van der Waals surface area contributed by atoms with Crippen LogP contribution in [-0.4, -0.2) is 19.6 Å². The molecule has 2 aromatic rings. The lowest BCUT2D eigenvalue weighted by molar-refractivity contribution is 0.232. The molecule has 0 unspecified atom stereocenters. The summed E-state index contributed by atoms with van der Waals surface area (Å²) in [7, 11) is 0. The second kappa shape index (κ2) is 7.28. The lowest BCUT2D eigenvalue weighted by Crippen LogP contribution is -2.36. The normalized spacial score (nSPS) is 27.4. The van der Waals surface area contributed by atoms with E-state index in [0.29, 0.717) is 35.5 Å². The molecule has 0 aliphatic heterocycles. The van der Waals surface area contributed by atoms with Crippen LogP contribution >= 0.6 is 0 Å². The van der Waals surface area contributed by atoms with Crippen LogP contribution in [0.3, 0.4) is 0 Å². The van der Waals surface area contributed by atoms with Crippen molar-refractivity contribution in [3.05, 3.63) is 34.9 Å². The summed E-state index contributed by atoms with van der Waals surface area (Å²) in [6.07, 6.45) is 9.72. The Morgan fingerprint density at radius 3 is 1.48 bits per heavy atom. The zero-order chi connectivity index (χ0) is 21.1. The highest BCUT2D eigenvalue weighted by Crippen LogP contribution is 2.44. The molecule has 4 rings (SSSR count). The van der Waals surface area contributed by atoms with E-state index in [2.05, 4.69) is 77.1 Å². The Labute approximate surface area is 177 Å². The van der Waals surface area contributed by atoms with Gasteiger partial charge in [0.15, 0.2) is 0 Å². The molecule has 2 heterocycles. The molecule has 160 valence electrons. The average molecular weight is 397 g/mol. The van der Waals surface area contributed by atoms with Gasteiger partial charge in [-0.3, -0.25) is 0 Å². The average Bonchev–Trinajstić information content (AvgIpc) is 3.28. The fourth-order valence-electron chi connectivity index (χ4n) is 5.63. The van der Waals surface area contributed by atoms with Gasteiger partial charge >= 0.3 is 0 Å². The molecule has 4 nitrogen and oxygen atoms in total. The molecule has 2 aliphatic rings. The minimum Gasteiger partial charge on any atom is -0.245 e. The van der Waals surface area contributed by atoms with E-state index in [9.17, 15) is 0 Å². The maximum atomic E-state index is 5.15. The number of aromatic nitrogens is 4. The van der Waals surface area contributed by atoms with E-state index in [-0.39, 0.29) is 5.66 Å². The Morgan fingerprint density at radius 1 is 0.759 bits per heavy atom. The van der Waals surface area contributed by atoms with Crippen molar-refractivity contribution in [3.8, 4) is 0 Å². The molecule has 2 aromatic heterocycles. The third-order valence-electron chi connectivity index (χ3n) is 7.83. The molecule has 0 spiro atoms. The highest BCUT2D eigenvalue weighted by atomic mass is 15.5. The summed E-state index contributed by atoms with van der Waals surface area (Å²) in [6.45, 7) is 18.6. The summed E-state index contributed by atoms with van der Waals surface area (Å²) in [4.78, 5) is 0. The zero-order valence-corrected chi connectivity index (χ0v) is 19.7. The summed E-state index contributed by atoms with van der Waals surface area (Å²) >= 11 is 0. The highest BCUT2D eigenvalue weighted by Gasteiger charge is 2.36. The van der Waals surface area contributed by atoms with E-state index in [1.54, 1.807) is 0 Å². The second-order valence-electron chi connectivity index (χ2n) is 11.0. The fourth-order valence-corrected chi connectivity index (χ4v) is 5.63. The van der Waals surface area contributed by atoms with E-state index in [4.69, 9.17) is 10.2 Å². The summed E-state index contributed by atoms with van der Waals surface area (Å²) in [5.74, 6) is 3.67. The van der Waals surface area contributed by atoms with Gasteiger partial charge in [-0.05, 0) is 74.3 Å². The highest BCUT2D eigenvalue weighted by molar-refractivity contribution is 5.31. The number of hydrogen-bond acceptors (Lipinski definition) is 2. The van der Waals surface area contributed by atoms with E-state index >= 15 is 0 Å². The molecule has 0 saturated heterocycles. The first kappa shape index (κ1) is 20.7. The van der Waals surface area contributed by atoms with Crippen molar-refractivity contribution in [2.45, 2.75) is 110 Å². The first-order valence-electron chi connectivity index (χ1n) is 11.8. The molecule has 0 radical (unpaired) electrons. The molecule has 0 fully saturated rings. The molecular weight excluding hydrogens is 356 g/mol. The van der Waals surface area contributed by atoms with Crippen LogP contribution in [0.25, 0.3) is 0 Å². The van der Waals surface area contributed by atoms with Gasteiger partial charge in [0.1, 0.15) is 5.66 Å². The lowest BCUT2D eigenvalue weighted by atomic mass is 9.76. The summed E-state index contributed by atoms with van der Waals surface area (Å²) in [6, 6.07) is 0. The van der Waals surface area contributed by atoms with Crippen LogP contribution in [0.4, 0.5) is 0 Å². The third kappa shape index (κ3) is 3.37. The molecule has 2 aliphatic carbocycles. The first-order chi connectivity index (χ1) is 13.6. The van der Waals surface area contributed by atoms with Gasteiger partial charge < -0.3 is 0 Å². The Hall–Kier alpha value is -1.58. The Morgan fingerprint density at radius 2 is 1.14 bits per heavy atom. The van der Waals surface area contributed by atoms with Gasteiger partial charge in [0, 0.05) is 24.2 Å². The van der Waals surface area contributed by atoms with Gasteiger partial charge in [0.25, 0.3) is 0 Å². The van der Waals surface area contributed by atoms with Crippen molar-refractivity contribution < 1.29 is 0 Å². The summed E-state index contributed by atoms with van der Waals surface area (Å²) in [5.41, 5.74) is 5.26. The van der Waals surface area contributed by atoms with Crippen molar-refractivity contribution in [3.63, 3.8) is 0 Å². The third-order valence-corrected chi connectivity index (χ3v) is 7.83. The summed E-state index contributed by atoms with van der Waals surface area (Å²) in [5, 5.41) is 10.3. The van der Waals surface area contributed by atoms with Crippen LogP contribution in [-0.2, 0) is 5.66 Å². The number of nitrogens with zero attached hydrogens (tertiary/aromatic N) is 4. The minimum atomic E-state index is -0.308. The van der Waals surface area contributed by atoms with Gasteiger partial charge in [-0.25, -0.2) is 9.36 Å². The van der Waals surface area contributed by atoms with Crippen molar-refractivity contribution in [2.24, 2.45) is 11.8 Å². The molecule has 0 N–H and O–H groups in total. The maximum Gasteiger partial charge on any atom is 0.148 e. The molecular formula is C25H40N4. The molecule has 4 atom stereocenters. The van der Waals surface area contributed by atoms with E-state index < -0.39 is 0 Å². The van der Waals surface area contributed by atoms with Gasteiger partial charge in [-0.2, -0.15) is 10.2 Å². The van der Waals surface area contributed by atoms with Crippen LogP contribution in [0.2, 0.25) is 0 Å². The maximum absolute atomic E-state index is 5.15. The smallest absolute Gasteiger partial charge is 0.148 e. The van der Waals surface area contributed by atoms with Crippen LogP contribution in [0.5, 0.6) is 0 Å². The van der Waals surface area contributed by atoms with Crippen LogP contribution in [0.15, 0.2) is 12.4 Å². The first-order valence-corrected chi connectivity index (χ1v) is 11.8. The number of fused-ring (bicyclic) bond motifs is 2. The van der Waals surface area contributed by atoms with Gasteiger partial charge in [-0.15, -0.1) is 0 Å². The van der Waals surface area contributed by atoms with Gasteiger partial charge in [0.05, 0.1) is 11.4 Å². The van der Waals surface area contributed by atoms with Crippen LogP contribution in [0.1, 0.15) is 127 Å². The van der Waals surface area contributed by atoms with Crippen molar-refractivity contribution in [2.75, 3.05) is 0 Å². The molecule has 0 saturated carbocycles. The largest absolute Gasteiger partial charge is 0.245 e. The monoisotopic (exact) mass is 396 g/mol. The topological polar surface area (TPSA) is 35.6 Å². The van der Waals surface area contributed by atoms with Crippen LogP contribution < -0.4 is 0 Å². The standard InChI is InChI=1S/C25H40N4/c1-15(2)19-11-9-17(5)23-21(19)13-28(26-23)25(7,8)29-14-22-20(16(3)4)12-10-18(6)24(22)27-29/h13-20H,9-12H2,1-8H3/t17-,18-,19+,20+/m1/s1. The SMILES string of the molecule is CC(C)[C@@H]1CC[C@@H](C)c2nn(C(C)(C)n3cc4c(n3)[C@H](C)CC[C@H]4C(C)C)cc21. The predicted octanol–water partition coefficient (Wildman–Crippen LogP) is 6.59. The van der Waals surface area contributed by atoms with Crippen molar-refractivity contribution in [1.29, 1.82) is 0 Å². The Kier molecular flexibility index (Phi) is 5.19. The van der Waals surface area contributed by atoms with Crippen molar-refractivity contribution in [1.82, 2.24) is 19.6 Å². The second-order valence-corrected chi connectivity index (χ2v) is 11.0. The van der Waals surface area contributed by atoms with E-state index in [1.807, 2.05) is 0 Å². The number of rotatable bonds is 4.